The maximum absolute atomic E-state index is 13.2. The van der Waals surface area contributed by atoms with Crippen molar-refractivity contribution >= 4 is 17.0 Å². The number of halogens is 3. The maximum atomic E-state index is 13.2. The first-order valence-electron chi connectivity index (χ1n) is 9.98. The van der Waals surface area contributed by atoms with Crippen molar-refractivity contribution in [1.82, 2.24) is 9.55 Å². The van der Waals surface area contributed by atoms with E-state index in [9.17, 15) is 22.8 Å². The molecule has 0 aliphatic rings. The van der Waals surface area contributed by atoms with E-state index in [0.717, 1.165) is 0 Å². The smallest absolute Gasteiger partial charge is 0.481 e. The van der Waals surface area contributed by atoms with E-state index in [1.165, 1.54) is 22.8 Å². The van der Waals surface area contributed by atoms with Crippen molar-refractivity contribution in [1.29, 1.82) is 0 Å². The van der Waals surface area contributed by atoms with Crippen molar-refractivity contribution in [2.75, 3.05) is 0 Å². The summed E-state index contributed by atoms with van der Waals surface area (Å²) in [5.74, 6) is -1.32. The fourth-order valence-corrected chi connectivity index (χ4v) is 3.39. The molecule has 6 nitrogen and oxygen atoms in total. The second kappa shape index (κ2) is 8.64. The van der Waals surface area contributed by atoms with Gasteiger partial charge in [0, 0.05) is 18.4 Å². The predicted octanol–water partition coefficient (Wildman–Crippen LogP) is 5.12. The number of carbonyl (C=O) groups is 1. The summed E-state index contributed by atoms with van der Waals surface area (Å²) in [4.78, 5) is 28.6. The zero-order chi connectivity index (χ0) is 23.7. The van der Waals surface area contributed by atoms with Crippen LogP contribution in [0.5, 0.6) is 5.75 Å². The molecule has 1 aromatic heterocycles. The molecule has 1 heterocycles. The van der Waals surface area contributed by atoms with Crippen LogP contribution in [-0.2, 0) is 16.8 Å². The van der Waals surface area contributed by atoms with Gasteiger partial charge in [0.2, 0.25) is 0 Å². The Morgan fingerprint density at radius 1 is 1.09 bits per heavy atom. The summed E-state index contributed by atoms with van der Waals surface area (Å²) in [6.45, 7) is 5.77. The third-order valence-electron chi connectivity index (χ3n) is 4.83. The van der Waals surface area contributed by atoms with Gasteiger partial charge in [-0.1, -0.05) is 39.0 Å². The number of rotatable bonds is 6. The van der Waals surface area contributed by atoms with Crippen LogP contribution in [-0.4, -0.2) is 27.0 Å². The van der Waals surface area contributed by atoms with Crippen LogP contribution in [0.4, 0.5) is 13.2 Å². The van der Waals surface area contributed by atoms with Gasteiger partial charge in [-0.25, -0.2) is 4.98 Å². The third-order valence-corrected chi connectivity index (χ3v) is 4.83. The van der Waals surface area contributed by atoms with Gasteiger partial charge in [-0.05, 0) is 41.8 Å². The highest BCUT2D eigenvalue weighted by Crippen LogP contribution is 2.30. The number of aromatic nitrogens is 2. The first kappa shape index (κ1) is 23.3. The number of carboxylic acid groups (broad SMARTS) is 1. The highest BCUT2D eigenvalue weighted by molar-refractivity contribution is 5.82. The number of alkyl halides is 3. The average Bonchev–Trinajstić information content (AvgIpc) is 2.67. The van der Waals surface area contributed by atoms with Crippen LogP contribution in [0.2, 0.25) is 0 Å². The van der Waals surface area contributed by atoms with Crippen molar-refractivity contribution in [3.63, 3.8) is 0 Å². The maximum Gasteiger partial charge on any atom is 0.573 e. The number of nitrogens with zero attached hydrogens (tertiary/aromatic N) is 2. The largest absolute Gasteiger partial charge is 0.573 e. The molecule has 0 aliphatic heterocycles. The van der Waals surface area contributed by atoms with Crippen LogP contribution in [0.15, 0.2) is 47.3 Å². The fourth-order valence-electron chi connectivity index (χ4n) is 3.39. The summed E-state index contributed by atoms with van der Waals surface area (Å²) in [6.07, 6.45) is -4.66. The molecule has 2 aromatic carbocycles. The minimum absolute atomic E-state index is 0.0996. The zero-order valence-corrected chi connectivity index (χ0v) is 17.9. The Labute approximate surface area is 182 Å². The lowest BCUT2D eigenvalue weighted by molar-refractivity contribution is -0.274. The Balaban J connectivity index is 2.13. The minimum Gasteiger partial charge on any atom is -0.481 e. The van der Waals surface area contributed by atoms with Crippen molar-refractivity contribution in [2.45, 2.75) is 51.9 Å². The van der Waals surface area contributed by atoms with Gasteiger partial charge in [0.05, 0.1) is 11.0 Å². The van der Waals surface area contributed by atoms with Crippen LogP contribution < -0.4 is 10.3 Å². The van der Waals surface area contributed by atoms with E-state index in [1.54, 1.807) is 24.3 Å². The van der Waals surface area contributed by atoms with E-state index in [0.29, 0.717) is 27.9 Å². The number of carboxylic acids is 1. The Hall–Kier alpha value is -3.36. The minimum atomic E-state index is -4.81. The number of aliphatic carboxylic acids is 1. The van der Waals surface area contributed by atoms with Crippen molar-refractivity contribution < 1.29 is 27.8 Å². The molecule has 0 bridgehead atoms. The van der Waals surface area contributed by atoms with E-state index in [-0.39, 0.29) is 30.7 Å². The summed E-state index contributed by atoms with van der Waals surface area (Å²) in [6, 6.07) is 10.6. The average molecular weight is 448 g/mol. The van der Waals surface area contributed by atoms with Crippen molar-refractivity contribution in [3.05, 3.63) is 58.5 Å². The van der Waals surface area contributed by atoms with E-state index in [2.05, 4.69) is 9.72 Å². The number of fused-ring (bicyclic) bond motifs is 1. The van der Waals surface area contributed by atoms with Crippen LogP contribution in [0.3, 0.4) is 0 Å². The molecule has 3 aromatic rings. The number of hydrogen-bond donors (Lipinski definition) is 1. The molecule has 0 aliphatic carbocycles. The first-order chi connectivity index (χ1) is 14.8. The lowest BCUT2D eigenvalue weighted by Crippen LogP contribution is -2.32. The molecule has 32 heavy (non-hydrogen) atoms. The van der Waals surface area contributed by atoms with E-state index in [1.807, 2.05) is 20.8 Å². The summed E-state index contributed by atoms with van der Waals surface area (Å²) in [7, 11) is 0. The Kier molecular flexibility index (Phi) is 6.29. The van der Waals surface area contributed by atoms with Gasteiger partial charge in [-0.3, -0.25) is 9.59 Å². The molecule has 0 saturated carbocycles. The van der Waals surface area contributed by atoms with Gasteiger partial charge >= 0.3 is 12.3 Å². The molecule has 0 atom stereocenters. The van der Waals surface area contributed by atoms with E-state index >= 15 is 0 Å². The molecule has 1 N–H and O–H groups in total. The van der Waals surface area contributed by atoms with Gasteiger partial charge in [0.25, 0.3) is 5.56 Å². The molecule has 0 saturated heterocycles. The molecule has 0 radical (unpaired) electrons. The molecule has 0 spiro atoms. The molecule has 0 amide bonds. The summed E-state index contributed by atoms with van der Waals surface area (Å²) in [5.41, 5.74) is 1.57. The lowest BCUT2D eigenvalue weighted by Gasteiger charge is -2.20. The lowest BCUT2D eigenvalue weighted by atomic mass is 9.92. The molecular formula is C23H23F3N2O4. The molecule has 0 unspecified atom stereocenters. The zero-order valence-electron chi connectivity index (χ0n) is 17.9. The first-order valence-corrected chi connectivity index (χ1v) is 9.98. The second-order valence-electron chi connectivity index (χ2n) is 8.44. The monoisotopic (exact) mass is 448 g/mol. The molecule has 170 valence electrons. The Bertz CT molecular complexity index is 1210. The Morgan fingerprint density at radius 3 is 2.41 bits per heavy atom. The van der Waals surface area contributed by atoms with Crippen molar-refractivity contribution in [2.24, 2.45) is 0 Å². The number of ether oxygens (including phenoxy) is 1. The summed E-state index contributed by atoms with van der Waals surface area (Å²) < 4.78 is 43.2. The number of hydrogen-bond acceptors (Lipinski definition) is 4. The Morgan fingerprint density at radius 2 is 1.78 bits per heavy atom. The second-order valence-corrected chi connectivity index (χ2v) is 8.44. The van der Waals surface area contributed by atoms with Crippen LogP contribution >= 0.6 is 0 Å². The van der Waals surface area contributed by atoms with Crippen LogP contribution in [0.1, 0.15) is 39.3 Å². The number of aryl methyl sites for hydroxylation is 1. The van der Waals surface area contributed by atoms with E-state index in [4.69, 9.17) is 5.11 Å². The van der Waals surface area contributed by atoms with Gasteiger partial charge < -0.3 is 14.4 Å². The highest BCUT2D eigenvalue weighted by atomic mass is 19.4. The summed E-state index contributed by atoms with van der Waals surface area (Å²) >= 11 is 0. The van der Waals surface area contributed by atoms with E-state index < -0.39 is 17.7 Å². The van der Waals surface area contributed by atoms with Crippen LogP contribution in [0, 0.1) is 0 Å². The highest BCUT2D eigenvalue weighted by Gasteiger charge is 2.31. The quantitative estimate of drug-likeness (QED) is 0.566. The molecule has 0 fully saturated rings. The SMILES string of the molecule is CC(C)(C)c1nc2ccc(-c3cccc(OC(F)(F)F)c3)cc2n(CCCC(=O)O)c1=O. The van der Waals surface area contributed by atoms with Crippen LogP contribution in [0.25, 0.3) is 22.2 Å². The molecule has 3 rings (SSSR count). The summed E-state index contributed by atoms with van der Waals surface area (Å²) in [5, 5.41) is 8.97. The number of benzene rings is 2. The van der Waals surface area contributed by atoms with Crippen molar-refractivity contribution in [3.8, 4) is 16.9 Å². The predicted molar refractivity (Wildman–Crippen MR) is 114 cm³/mol. The van der Waals surface area contributed by atoms with Gasteiger partial charge in [0.15, 0.2) is 0 Å². The fraction of sp³-hybridized carbons (Fsp3) is 0.348. The molecular weight excluding hydrogens is 425 g/mol. The van der Waals surface area contributed by atoms with Gasteiger partial charge in [0.1, 0.15) is 11.4 Å². The third kappa shape index (κ3) is 5.46. The topological polar surface area (TPSA) is 81.4 Å². The van der Waals surface area contributed by atoms with Gasteiger partial charge in [-0.15, -0.1) is 13.2 Å². The standard InChI is InChI=1S/C23H23F3N2O4/c1-22(2,3)20-21(31)28(11-5-8-19(29)30)18-13-15(9-10-17(18)27-20)14-6-4-7-16(12-14)32-23(24,25)26/h4,6-7,9-10,12-13H,5,8,11H2,1-3H3,(H,29,30). The molecule has 9 heteroatoms. The normalized spacial score (nSPS) is 12.2. The van der Waals surface area contributed by atoms with Gasteiger partial charge in [-0.2, -0.15) is 0 Å².